The monoisotopic (exact) mass is 301 g/mol. The summed E-state index contributed by atoms with van der Waals surface area (Å²) in [5.74, 6) is 0. The average Bonchev–Trinajstić information content (AvgIpc) is 2.46. The van der Waals surface area contributed by atoms with Crippen LogP contribution in [0.4, 0.5) is 4.79 Å². The topological polar surface area (TPSA) is 66.2 Å². The first-order valence-corrected chi connectivity index (χ1v) is 7.59. The average molecular weight is 301 g/mol. The second-order valence-electron chi connectivity index (χ2n) is 6.80. The van der Waals surface area contributed by atoms with Gasteiger partial charge >= 0.3 is 6.09 Å². The molecule has 1 aromatic rings. The summed E-state index contributed by atoms with van der Waals surface area (Å²) in [5.41, 5.74) is 0.800. The van der Waals surface area contributed by atoms with E-state index in [2.05, 4.69) is 11.1 Å². The van der Waals surface area contributed by atoms with Crippen LogP contribution in [0.5, 0.6) is 0 Å². The molecule has 1 amide bonds. The van der Waals surface area contributed by atoms with Crippen molar-refractivity contribution in [3.05, 3.63) is 29.6 Å². The van der Waals surface area contributed by atoms with E-state index in [1.807, 2.05) is 39.8 Å². The predicted molar refractivity (Wildman–Crippen MR) is 83.3 cm³/mol. The third-order valence-electron chi connectivity index (χ3n) is 4.01. The van der Waals surface area contributed by atoms with E-state index >= 15 is 0 Å². The first-order valence-electron chi connectivity index (χ1n) is 7.59. The lowest BCUT2D eigenvalue weighted by atomic mass is 9.73. The lowest BCUT2D eigenvalue weighted by Crippen LogP contribution is -2.46. The maximum atomic E-state index is 12.1. The second-order valence-corrected chi connectivity index (χ2v) is 6.80. The van der Waals surface area contributed by atoms with Gasteiger partial charge in [-0.3, -0.25) is 4.98 Å². The van der Waals surface area contributed by atoms with Crippen LogP contribution < -0.4 is 0 Å². The Morgan fingerprint density at radius 2 is 2.05 bits per heavy atom. The number of hydrogen-bond donors (Lipinski definition) is 0. The molecule has 1 saturated heterocycles. The summed E-state index contributed by atoms with van der Waals surface area (Å²) in [5, 5.41) is 9.72. The zero-order valence-electron chi connectivity index (χ0n) is 13.7. The van der Waals surface area contributed by atoms with Gasteiger partial charge in [-0.1, -0.05) is 6.07 Å². The fourth-order valence-electron chi connectivity index (χ4n) is 2.83. The number of aryl methyl sites for hydroxylation is 1. The van der Waals surface area contributed by atoms with Crippen molar-refractivity contribution in [2.75, 3.05) is 13.1 Å². The summed E-state index contributed by atoms with van der Waals surface area (Å²) in [6, 6.07) is 6.29. The maximum absolute atomic E-state index is 12.1. The molecule has 0 saturated carbocycles. The Bertz CT molecular complexity index is 591. The highest BCUT2D eigenvalue weighted by Crippen LogP contribution is 2.36. The van der Waals surface area contributed by atoms with Crippen LogP contribution in [0.25, 0.3) is 0 Å². The summed E-state index contributed by atoms with van der Waals surface area (Å²) < 4.78 is 5.40. The van der Waals surface area contributed by atoms with Crippen LogP contribution in [0.15, 0.2) is 18.3 Å². The number of hydrogen-bond acceptors (Lipinski definition) is 4. The van der Waals surface area contributed by atoms with E-state index in [0.717, 1.165) is 11.3 Å². The molecule has 5 nitrogen and oxygen atoms in total. The van der Waals surface area contributed by atoms with E-state index in [-0.39, 0.29) is 6.09 Å². The lowest BCUT2D eigenvalue weighted by molar-refractivity contribution is 0.0185. The maximum Gasteiger partial charge on any atom is 0.410 e. The van der Waals surface area contributed by atoms with Gasteiger partial charge in [0, 0.05) is 25.0 Å². The molecular formula is C17H23N3O2. The summed E-state index contributed by atoms with van der Waals surface area (Å²) in [6.07, 6.45) is 2.64. The van der Waals surface area contributed by atoms with E-state index in [4.69, 9.17) is 4.74 Å². The minimum atomic E-state index is -0.559. The molecule has 0 radical (unpaired) electrons. The molecule has 2 rings (SSSR count). The SMILES string of the molecule is Cc1ncccc1C1(C#N)CCN(C(=O)OC(C)(C)C)CC1. The first kappa shape index (κ1) is 16.3. The van der Waals surface area contributed by atoms with Crippen LogP contribution in [0.1, 0.15) is 44.9 Å². The Morgan fingerprint density at radius 3 is 2.55 bits per heavy atom. The molecule has 0 spiro atoms. The van der Waals surface area contributed by atoms with Crippen molar-refractivity contribution in [2.45, 2.75) is 51.6 Å². The van der Waals surface area contributed by atoms with Gasteiger partial charge in [-0.2, -0.15) is 5.26 Å². The van der Waals surface area contributed by atoms with Crippen LogP contribution in [0, 0.1) is 18.3 Å². The Morgan fingerprint density at radius 1 is 1.41 bits per heavy atom. The summed E-state index contributed by atoms with van der Waals surface area (Å²) >= 11 is 0. The van der Waals surface area contributed by atoms with Crippen molar-refractivity contribution in [3.63, 3.8) is 0 Å². The largest absolute Gasteiger partial charge is 0.444 e. The molecule has 5 heteroatoms. The number of aromatic nitrogens is 1. The van der Waals surface area contributed by atoms with E-state index in [1.54, 1.807) is 11.1 Å². The van der Waals surface area contributed by atoms with Gasteiger partial charge in [0.2, 0.25) is 0 Å². The highest BCUT2D eigenvalue weighted by atomic mass is 16.6. The van der Waals surface area contributed by atoms with Crippen molar-refractivity contribution in [1.29, 1.82) is 5.26 Å². The molecule has 1 aromatic heterocycles. The Balaban J connectivity index is 2.11. The van der Waals surface area contributed by atoms with Gasteiger partial charge in [0.15, 0.2) is 0 Å². The quantitative estimate of drug-likeness (QED) is 0.799. The molecule has 118 valence electrons. The van der Waals surface area contributed by atoms with Gasteiger partial charge in [0.05, 0.1) is 11.5 Å². The zero-order chi connectivity index (χ0) is 16.4. The van der Waals surface area contributed by atoms with E-state index in [9.17, 15) is 10.1 Å². The Kier molecular flexibility index (Phi) is 4.41. The van der Waals surface area contributed by atoms with E-state index in [1.165, 1.54) is 0 Å². The van der Waals surface area contributed by atoms with Gasteiger partial charge in [-0.25, -0.2) is 4.79 Å². The number of likely N-dealkylation sites (tertiary alicyclic amines) is 1. The first-order chi connectivity index (χ1) is 10.3. The van der Waals surface area contributed by atoms with Crippen molar-refractivity contribution in [3.8, 4) is 6.07 Å². The highest BCUT2D eigenvalue weighted by molar-refractivity contribution is 5.68. The van der Waals surface area contributed by atoms with Gasteiger partial charge < -0.3 is 9.64 Å². The smallest absolute Gasteiger partial charge is 0.410 e. The number of ether oxygens (including phenoxy) is 1. The number of carbonyl (C=O) groups excluding carboxylic acids is 1. The Labute approximate surface area is 131 Å². The molecule has 2 heterocycles. The molecule has 1 aliphatic heterocycles. The van der Waals surface area contributed by atoms with Gasteiger partial charge in [-0.05, 0) is 52.2 Å². The fraction of sp³-hybridized carbons (Fsp3) is 0.588. The minimum absolute atomic E-state index is 0.304. The number of carbonyl (C=O) groups is 1. The number of pyridine rings is 1. The standard InChI is InChI=1S/C17H23N3O2/c1-13-14(6-5-9-19-13)17(12-18)7-10-20(11-8-17)15(21)22-16(2,3)4/h5-6,9H,7-8,10-11H2,1-4H3. The zero-order valence-corrected chi connectivity index (χ0v) is 13.7. The van der Waals surface area contributed by atoms with Crippen LogP contribution in [0.3, 0.4) is 0 Å². The molecule has 0 unspecified atom stereocenters. The summed E-state index contributed by atoms with van der Waals surface area (Å²) in [6.45, 7) is 8.54. The van der Waals surface area contributed by atoms with Crippen LogP contribution in [-0.4, -0.2) is 34.7 Å². The predicted octanol–water partition coefficient (Wildman–Crippen LogP) is 3.18. The lowest BCUT2D eigenvalue weighted by Gasteiger charge is -2.38. The van der Waals surface area contributed by atoms with Crippen LogP contribution >= 0.6 is 0 Å². The molecule has 0 bridgehead atoms. The third-order valence-corrected chi connectivity index (χ3v) is 4.01. The fourth-order valence-corrected chi connectivity index (χ4v) is 2.83. The number of piperidine rings is 1. The highest BCUT2D eigenvalue weighted by Gasteiger charge is 2.39. The summed E-state index contributed by atoms with van der Waals surface area (Å²) in [7, 11) is 0. The molecule has 0 aromatic carbocycles. The van der Waals surface area contributed by atoms with Gasteiger partial charge in [0.1, 0.15) is 5.60 Å². The van der Waals surface area contributed by atoms with Crippen molar-refractivity contribution in [1.82, 2.24) is 9.88 Å². The third kappa shape index (κ3) is 3.38. The molecular weight excluding hydrogens is 278 g/mol. The molecule has 0 N–H and O–H groups in total. The number of rotatable bonds is 1. The number of nitriles is 1. The van der Waals surface area contributed by atoms with E-state index < -0.39 is 11.0 Å². The van der Waals surface area contributed by atoms with Crippen LogP contribution in [0.2, 0.25) is 0 Å². The summed E-state index contributed by atoms with van der Waals surface area (Å²) in [4.78, 5) is 18.1. The molecule has 1 fully saturated rings. The number of amides is 1. The van der Waals surface area contributed by atoms with Crippen molar-refractivity contribution >= 4 is 6.09 Å². The van der Waals surface area contributed by atoms with E-state index in [0.29, 0.717) is 25.9 Å². The Hall–Kier alpha value is -2.09. The molecule has 22 heavy (non-hydrogen) atoms. The van der Waals surface area contributed by atoms with Crippen molar-refractivity contribution in [2.24, 2.45) is 0 Å². The van der Waals surface area contributed by atoms with Crippen LogP contribution in [-0.2, 0) is 10.2 Å². The minimum Gasteiger partial charge on any atom is -0.444 e. The second kappa shape index (κ2) is 5.96. The van der Waals surface area contributed by atoms with Gasteiger partial charge in [-0.15, -0.1) is 0 Å². The molecule has 1 aliphatic rings. The normalized spacial score (nSPS) is 17.7. The molecule has 0 atom stereocenters. The van der Waals surface area contributed by atoms with Crippen molar-refractivity contribution < 1.29 is 9.53 Å². The van der Waals surface area contributed by atoms with Gasteiger partial charge in [0.25, 0.3) is 0 Å². The number of nitrogens with zero attached hydrogens (tertiary/aromatic N) is 3. The molecule has 0 aliphatic carbocycles.